The second-order valence-electron chi connectivity index (χ2n) is 3.75. The highest BCUT2D eigenvalue weighted by molar-refractivity contribution is 5.54. The molecule has 2 rings (SSSR count). The van der Waals surface area contributed by atoms with E-state index in [9.17, 15) is 13.6 Å². The Morgan fingerprint density at radius 1 is 1.28 bits per heavy atom. The fourth-order valence-corrected chi connectivity index (χ4v) is 1.54. The van der Waals surface area contributed by atoms with E-state index in [2.05, 4.69) is 9.97 Å². The molecular weight excluding hydrogens is 240 g/mol. The topological polar surface area (TPSA) is 71.8 Å². The molecule has 0 amide bonds. The molecule has 1 heterocycles. The first kappa shape index (κ1) is 12.4. The van der Waals surface area contributed by atoms with E-state index in [0.717, 1.165) is 12.1 Å². The summed E-state index contributed by atoms with van der Waals surface area (Å²) in [6, 6.07) is 3.31. The van der Waals surface area contributed by atoms with E-state index in [1.165, 1.54) is 12.3 Å². The van der Waals surface area contributed by atoms with Crippen molar-refractivity contribution >= 4 is 0 Å². The molecule has 1 aromatic carbocycles. The van der Waals surface area contributed by atoms with Crippen molar-refractivity contribution in [2.75, 3.05) is 6.54 Å². The van der Waals surface area contributed by atoms with E-state index in [0.29, 0.717) is 24.1 Å². The van der Waals surface area contributed by atoms with Gasteiger partial charge in [0.05, 0.1) is 0 Å². The van der Waals surface area contributed by atoms with Crippen LogP contribution in [0.15, 0.2) is 29.2 Å². The van der Waals surface area contributed by atoms with Crippen LogP contribution in [0.4, 0.5) is 8.78 Å². The lowest BCUT2D eigenvalue weighted by Gasteiger charge is -2.03. The lowest BCUT2D eigenvalue weighted by molar-refractivity contribution is 0.509. The summed E-state index contributed by atoms with van der Waals surface area (Å²) in [5.41, 5.74) is 5.79. The first-order chi connectivity index (χ1) is 8.61. The average molecular weight is 251 g/mol. The van der Waals surface area contributed by atoms with E-state index in [1.807, 2.05) is 0 Å². The van der Waals surface area contributed by atoms with Crippen LogP contribution in [-0.2, 0) is 6.42 Å². The molecule has 0 atom stereocenters. The first-order valence-corrected chi connectivity index (χ1v) is 5.35. The van der Waals surface area contributed by atoms with Crippen molar-refractivity contribution in [3.05, 3.63) is 51.9 Å². The van der Waals surface area contributed by atoms with Gasteiger partial charge in [0.1, 0.15) is 5.82 Å². The normalized spacial score (nSPS) is 10.6. The fraction of sp³-hybridized carbons (Fsp3) is 0.167. The molecule has 0 radical (unpaired) electrons. The molecule has 2 aromatic rings. The zero-order chi connectivity index (χ0) is 13.1. The molecule has 0 aliphatic heterocycles. The largest absolute Gasteiger partial charge is 0.330 e. The Morgan fingerprint density at radius 2 is 2.06 bits per heavy atom. The summed E-state index contributed by atoms with van der Waals surface area (Å²) in [6.45, 7) is 0.343. The molecule has 0 fully saturated rings. The van der Waals surface area contributed by atoms with Gasteiger partial charge in [-0.2, -0.15) is 0 Å². The van der Waals surface area contributed by atoms with Crippen molar-refractivity contribution in [2.24, 2.45) is 5.73 Å². The summed E-state index contributed by atoms with van der Waals surface area (Å²) in [4.78, 5) is 18.1. The Kier molecular flexibility index (Phi) is 3.47. The number of aromatic nitrogens is 2. The molecule has 0 aliphatic rings. The quantitative estimate of drug-likeness (QED) is 0.861. The number of hydrogen-bond donors (Lipinski definition) is 2. The van der Waals surface area contributed by atoms with Gasteiger partial charge >= 0.3 is 0 Å². The second kappa shape index (κ2) is 5.05. The van der Waals surface area contributed by atoms with Crippen molar-refractivity contribution < 1.29 is 8.78 Å². The number of halogens is 2. The third-order valence-electron chi connectivity index (χ3n) is 2.48. The minimum atomic E-state index is -0.985. The molecule has 94 valence electrons. The van der Waals surface area contributed by atoms with Crippen molar-refractivity contribution in [1.29, 1.82) is 0 Å². The predicted molar refractivity (Wildman–Crippen MR) is 63.0 cm³/mol. The molecule has 0 unspecified atom stereocenters. The van der Waals surface area contributed by atoms with Crippen LogP contribution in [0.25, 0.3) is 11.4 Å². The summed E-state index contributed by atoms with van der Waals surface area (Å²) >= 11 is 0. The number of rotatable bonds is 3. The number of nitrogens with one attached hydrogen (secondary N) is 1. The maximum atomic E-state index is 13.1. The highest BCUT2D eigenvalue weighted by Gasteiger charge is 2.07. The Balaban J connectivity index is 2.42. The molecule has 3 N–H and O–H groups in total. The molecule has 18 heavy (non-hydrogen) atoms. The van der Waals surface area contributed by atoms with E-state index in [4.69, 9.17) is 5.73 Å². The molecule has 0 saturated carbocycles. The lowest BCUT2D eigenvalue weighted by atomic mass is 10.2. The van der Waals surface area contributed by atoms with Gasteiger partial charge in [-0.15, -0.1) is 0 Å². The number of nitrogens with zero attached hydrogens (tertiary/aromatic N) is 1. The standard InChI is InChI=1S/C12H11F2N3O/c13-9-2-1-7(5-10(9)14)11-16-6-8(3-4-15)12(18)17-11/h1-2,5-6H,3-4,15H2,(H,16,17,18). The number of benzene rings is 1. The van der Waals surface area contributed by atoms with Gasteiger partial charge in [0.2, 0.25) is 0 Å². The zero-order valence-electron chi connectivity index (χ0n) is 9.41. The van der Waals surface area contributed by atoms with Crippen LogP contribution in [0, 0.1) is 11.6 Å². The van der Waals surface area contributed by atoms with Crippen molar-refractivity contribution in [1.82, 2.24) is 9.97 Å². The van der Waals surface area contributed by atoms with Gasteiger partial charge in [0.15, 0.2) is 11.6 Å². The molecule has 0 saturated heterocycles. The molecule has 0 bridgehead atoms. The van der Waals surface area contributed by atoms with E-state index in [-0.39, 0.29) is 11.4 Å². The summed E-state index contributed by atoms with van der Waals surface area (Å²) in [5, 5.41) is 0. The summed E-state index contributed by atoms with van der Waals surface area (Å²) in [5.74, 6) is -1.73. The number of aromatic amines is 1. The van der Waals surface area contributed by atoms with Gasteiger partial charge in [0.25, 0.3) is 5.56 Å². The van der Waals surface area contributed by atoms with Gasteiger partial charge < -0.3 is 10.7 Å². The van der Waals surface area contributed by atoms with Gasteiger partial charge in [-0.05, 0) is 31.2 Å². The van der Waals surface area contributed by atoms with Gasteiger partial charge in [-0.1, -0.05) is 0 Å². The van der Waals surface area contributed by atoms with Crippen molar-refractivity contribution in [2.45, 2.75) is 6.42 Å². The predicted octanol–water partition coefficient (Wildman–Crippen LogP) is 1.22. The molecule has 4 nitrogen and oxygen atoms in total. The minimum Gasteiger partial charge on any atom is -0.330 e. The summed E-state index contributed by atoms with van der Waals surface area (Å²) < 4.78 is 25.8. The van der Waals surface area contributed by atoms with Crippen molar-refractivity contribution in [3.8, 4) is 11.4 Å². The van der Waals surface area contributed by atoms with Crippen LogP contribution in [0.1, 0.15) is 5.56 Å². The fourth-order valence-electron chi connectivity index (χ4n) is 1.54. The Hall–Kier alpha value is -2.08. The SMILES string of the molecule is NCCc1cnc(-c2ccc(F)c(F)c2)[nH]c1=O. The lowest BCUT2D eigenvalue weighted by Crippen LogP contribution is -2.17. The third-order valence-corrected chi connectivity index (χ3v) is 2.48. The first-order valence-electron chi connectivity index (χ1n) is 5.35. The maximum absolute atomic E-state index is 13.1. The minimum absolute atomic E-state index is 0.194. The van der Waals surface area contributed by atoms with Gasteiger partial charge in [-0.25, -0.2) is 13.8 Å². The highest BCUT2D eigenvalue weighted by Crippen LogP contribution is 2.16. The maximum Gasteiger partial charge on any atom is 0.254 e. The number of H-pyrrole nitrogens is 1. The van der Waals surface area contributed by atoms with Crippen LogP contribution < -0.4 is 11.3 Å². The van der Waals surface area contributed by atoms with Crippen LogP contribution in [0.5, 0.6) is 0 Å². The highest BCUT2D eigenvalue weighted by atomic mass is 19.2. The zero-order valence-corrected chi connectivity index (χ0v) is 9.41. The van der Waals surface area contributed by atoms with Crippen LogP contribution >= 0.6 is 0 Å². The number of nitrogens with two attached hydrogens (primary N) is 1. The molecule has 0 spiro atoms. The monoisotopic (exact) mass is 251 g/mol. The Labute approximate surface area is 101 Å². The molecule has 0 aliphatic carbocycles. The van der Waals surface area contributed by atoms with Crippen LogP contribution in [-0.4, -0.2) is 16.5 Å². The van der Waals surface area contributed by atoms with Gasteiger partial charge in [0, 0.05) is 17.3 Å². The molecular formula is C12H11F2N3O. The van der Waals surface area contributed by atoms with Crippen molar-refractivity contribution in [3.63, 3.8) is 0 Å². The summed E-state index contributed by atoms with van der Waals surface area (Å²) in [6.07, 6.45) is 1.81. The van der Waals surface area contributed by atoms with Gasteiger partial charge in [-0.3, -0.25) is 4.79 Å². The third kappa shape index (κ3) is 2.43. The smallest absolute Gasteiger partial charge is 0.254 e. The van der Waals surface area contributed by atoms with Crippen LogP contribution in [0.3, 0.4) is 0 Å². The van der Waals surface area contributed by atoms with Crippen LogP contribution in [0.2, 0.25) is 0 Å². The average Bonchev–Trinajstić information content (AvgIpc) is 2.35. The van der Waals surface area contributed by atoms with E-state index < -0.39 is 11.6 Å². The Bertz CT molecular complexity index is 625. The number of hydrogen-bond acceptors (Lipinski definition) is 3. The summed E-state index contributed by atoms with van der Waals surface area (Å²) in [7, 11) is 0. The molecule has 6 heteroatoms. The molecule has 1 aromatic heterocycles. The van der Waals surface area contributed by atoms with E-state index >= 15 is 0 Å². The Morgan fingerprint density at radius 3 is 2.67 bits per heavy atom. The van der Waals surface area contributed by atoms with E-state index in [1.54, 1.807) is 0 Å². The second-order valence-corrected chi connectivity index (χ2v) is 3.75.